The molecule has 1 amide bonds. The molecule has 2 N–H and O–H groups in total. The van der Waals surface area contributed by atoms with E-state index in [1.807, 2.05) is 12.1 Å². The van der Waals surface area contributed by atoms with E-state index < -0.39 is 0 Å². The Bertz CT molecular complexity index is 448. The molecule has 0 aromatic heterocycles. The molecule has 6 heteroatoms. The molecule has 132 valence electrons. The van der Waals surface area contributed by atoms with E-state index in [1.165, 1.54) is 18.5 Å². The molecule has 0 spiro atoms. The highest BCUT2D eigenvalue weighted by molar-refractivity contribution is 5.94. The predicted molar refractivity (Wildman–Crippen MR) is 102 cm³/mol. The van der Waals surface area contributed by atoms with E-state index in [4.69, 9.17) is 0 Å². The number of hydrogen-bond acceptors (Lipinski definition) is 3. The van der Waals surface area contributed by atoms with E-state index in [0.717, 1.165) is 38.2 Å². The first-order valence-corrected chi connectivity index (χ1v) is 8.11. The lowest BCUT2D eigenvalue weighted by molar-refractivity contribution is 0.0940. The molecule has 1 atom stereocenters. The van der Waals surface area contributed by atoms with Crippen LogP contribution in [0.15, 0.2) is 24.3 Å². The maximum absolute atomic E-state index is 12.2. The number of nitrogens with zero attached hydrogens (tertiary/aromatic N) is 1. The van der Waals surface area contributed by atoms with E-state index in [0.29, 0.717) is 0 Å². The third kappa shape index (κ3) is 6.58. The van der Waals surface area contributed by atoms with Crippen LogP contribution < -0.4 is 15.5 Å². The highest BCUT2D eigenvalue weighted by Gasteiger charge is 2.17. The van der Waals surface area contributed by atoms with E-state index in [1.54, 1.807) is 0 Å². The van der Waals surface area contributed by atoms with Crippen molar-refractivity contribution in [3.8, 4) is 0 Å². The molecule has 1 saturated heterocycles. The van der Waals surface area contributed by atoms with Crippen LogP contribution in [0.4, 0.5) is 5.69 Å². The first kappa shape index (κ1) is 22.0. The number of benzene rings is 1. The molecule has 0 radical (unpaired) electrons. The van der Waals surface area contributed by atoms with Crippen LogP contribution in [0.1, 0.15) is 43.5 Å². The maximum atomic E-state index is 12.2. The smallest absolute Gasteiger partial charge is 0.251 e. The Hall–Kier alpha value is -0.970. The van der Waals surface area contributed by atoms with Crippen LogP contribution in [0, 0.1) is 0 Å². The van der Waals surface area contributed by atoms with Crippen molar-refractivity contribution < 1.29 is 4.79 Å². The summed E-state index contributed by atoms with van der Waals surface area (Å²) in [4.78, 5) is 14.5. The topological polar surface area (TPSA) is 44.4 Å². The van der Waals surface area contributed by atoms with Crippen molar-refractivity contribution in [1.82, 2.24) is 10.6 Å². The normalized spacial score (nSPS) is 16.2. The number of anilines is 1. The van der Waals surface area contributed by atoms with Crippen molar-refractivity contribution in [3.05, 3.63) is 29.8 Å². The molecule has 2 rings (SSSR count). The molecule has 1 fully saturated rings. The van der Waals surface area contributed by atoms with E-state index in [2.05, 4.69) is 41.5 Å². The fraction of sp³-hybridized carbons (Fsp3) is 0.588. The van der Waals surface area contributed by atoms with Crippen molar-refractivity contribution in [2.45, 2.75) is 39.2 Å². The van der Waals surface area contributed by atoms with Crippen LogP contribution in [0.5, 0.6) is 0 Å². The van der Waals surface area contributed by atoms with Gasteiger partial charge in [-0.25, -0.2) is 0 Å². The lowest BCUT2D eigenvalue weighted by Crippen LogP contribution is -2.36. The summed E-state index contributed by atoms with van der Waals surface area (Å²) in [7, 11) is 0. The highest BCUT2D eigenvalue weighted by atomic mass is 35.5. The number of halogens is 2. The summed E-state index contributed by atoms with van der Waals surface area (Å²) < 4.78 is 0. The summed E-state index contributed by atoms with van der Waals surface area (Å²) in [5, 5.41) is 6.34. The van der Waals surface area contributed by atoms with Crippen LogP contribution in [0.25, 0.3) is 0 Å². The van der Waals surface area contributed by atoms with Crippen LogP contribution in [0.3, 0.4) is 0 Å². The second-order valence-corrected chi connectivity index (χ2v) is 5.64. The minimum absolute atomic E-state index is 0. The maximum Gasteiger partial charge on any atom is 0.251 e. The second kappa shape index (κ2) is 11.5. The van der Waals surface area contributed by atoms with Gasteiger partial charge in [-0.1, -0.05) is 13.3 Å². The third-order valence-electron chi connectivity index (χ3n) is 4.05. The standard InChI is InChI=1S/C17H27N3O.2ClH/c1-3-5-12-20(4-2)16-8-6-14(7-9-16)17(21)19-15-10-11-18-13-15;;/h6-9,15,18H,3-5,10-13H2,1-2H3,(H,19,21);2*1H. The lowest BCUT2D eigenvalue weighted by atomic mass is 10.1. The Labute approximate surface area is 152 Å². The van der Waals surface area contributed by atoms with Crippen molar-refractivity contribution >= 4 is 36.4 Å². The van der Waals surface area contributed by atoms with Crippen LogP contribution in [-0.4, -0.2) is 38.1 Å². The summed E-state index contributed by atoms with van der Waals surface area (Å²) in [5.41, 5.74) is 1.95. The molecule has 0 bridgehead atoms. The number of carbonyl (C=O) groups is 1. The Kier molecular flexibility index (Phi) is 11.1. The molecule has 1 aliphatic rings. The van der Waals surface area contributed by atoms with Gasteiger partial charge in [-0.3, -0.25) is 4.79 Å². The van der Waals surface area contributed by atoms with Gasteiger partial charge in [0.15, 0.2) is 0 Å². The SMILES string of the molecule is CCCCN(CC)c1ccc(C(=O)NC2CCNC2)cc1.Cl.Cl. The van der Waals surface area contributed by atoms with Gasteiger partial charge in [-0.15, -0.1) is 24.8 Å². The number of amides is 1. The highest BCUT2D eigenvalue weighted by Crippen LogP contribution is 2.16. The van der Waals surface area contributed by atoms with Crippen molar-refractivity contribution in [1.29, 1.82) is 0 Å². The summed E-state index contributed by atoms with van der Waals surface area (Å²) in [6, 6.07) is 8.25. The molecule has 0 aliphatic carbocycles. The Balaban J connectivity index is 0.00000242. The first-order valence-electron chi connectivity index (χ1n) is 8.11. The molecule has 1 heterocycles. The van der Waals surface area contributed by atoms with Gasteiger partial charge in [0, 0.05) is 36.9 Å². The quantitative estimate of drug-likeness (QED) is 0.783. The van der Waals surface area contributed by atoms with Crippen molar-refractivity contribution in [3.63, 3.8) is 0 Å². The molecule has 1 aliphatic heterocycles. The van der Waals surface area contributed by atoms with Gasteiger partial charge in [-0.2, -0.15) is 0 Å². The fourth-order valence-electron chi connectivity index (χ4n) is 2.69. The minimum atomic E-state index is 0. The zero-order valence-corrected chi connectivity index (χ0v) is 15.6. The van der Waals surface area contributed by atoms with E-state index >= 15 is 0 Å². The van der Waals surface area contributed by atoms with Crippen LogP contribution in [-0.2, 0) is 0 Å². The van der Waals surface area contributed by atoms with Gasteiger partial charge in [-0.05, 0) is 50.6 Å². The molecular formula is C17H29Cl2N3O. The molecule has 23 heavy (non-hydrogen) atoms. The van der Waals surface area contributed by atoms with Crippen LogP contribution >= 0.6 is 24.8 Å². The van der Waals surface area contributed by atoms with Gasteiger partial charge in [0.25, 0.3) is 5.91 Å². The summed E-state index contributed by atoms with van der Waals surface area (Å²) >= 11 is 0. The number of nitrogens with one attached hydrogen (secondary N) is 2. The molecule has 1 unspecified atom stereocenters. The average molecular weight is 362 g/mol. The first-order chi connectivity index (χ1) is 10.2. The van der Waals surface area contributed by atoms with Crippen molar-refractivity contribution in [2.75, 3.05) is 31.1 Å². The molecular weight excluding hydrogens is 333 g/mol. The number of hydrogen-bond donors (Lipinski definition) is 2. The Morgan fingerprint density at radius 2 is 1.96 bits per heavy atom. The van der Waals surface area contributed by atoms with Gasteiger partial charge in [0.1, 0.15) is 0 Å². The Morgan fingerprint density at radius 1 is 1.26 bits per heavy atom. The van der Waals surface area contributed by atoms with Crippen molar-refractivity contribution in [2.24, 2.45) is 0 Å². The predicted octanol–water partition coefficient (Wildman–Crippen LogP) is 3.25. The molecule has 4 nitrogen and oxygen atoms in total. The van der Waals surface area contributed by atoms with E-state index in [-0.39, 0.29) is 36.8 Å². The Morgan fingerprint density at radius 3 is 2.48 bits per heavy atom. The monoisotopic (exact) mass is 361 g/mol. The molecule has 1 aromatic rings. The number of unbranched alkanes of at least 4 members (excludes halogenated alkanes) is 1. The minimum Gasteiger partial charge on any atom is -0.372 e. The van der Waals surface area contributed by atoms with E-state index in [9.17, 15) is 4.79 Å². The summed E-state index contributed by atoms with van der Waals surface area (Å²) in [5.74, 6) is 0.0341. The average Bonchev–Trinajstić information content (AvgIpc) is 3.01. The zero-order valence-electron chi connectivity index (χ0n) is 14.0. The number of carbonyl (C=O) groups excluding carboxylic acids is 1. The molecule has 0 saturated carbocycles. The second-order valence-electron chi connectivity index (χ2n) is 5.64. The van der Waals surface area contributed by atoms with Gasteiger partial charge in [0.2, 0.25) is 0 Å². The number of rotatable bonds is 7. The van der Waals surface area contributed by atoms with Crippen LogP contribution in [0.2, 0.25) is 0 Å². The third-order valence-corrected chi connectivity index (χ3v) is 4.05. The van der Waals surface area contributed by atoms with Gasteiger partial charge < -0.3 is 15.5 Å². The summed E-state index contributed by atoms with van der Waals surface area (Å²) in [6.07, 6.45) is 3.42. The fourth-order valence-corrected chi connectivity index (χ4v) is 2.69. The van der Waals surface area contributed by atoms with Gasteiger partial charge in [0.05, 0.1) is 0 Å². The molecule has 1 aromatic carbocycles. The summed E-state index contributed by atoms with van der Waals surface area (Å²) in [6.45, 7) is 8.32. The largest absolute Gasteiger partial charge is 0.372 e. The zero-order chi connectivity index (χ0) is 15.1. The van der Waals surface area contributed by atoms with Gasteiger partial charge >= 0.3 is 0 Å². The lowest BCUT2D eigenvalue weighted by Gasteiger charge is -2.23.